The molecule has 2 unspecified atom stereocenters. The summed E-state index contributed by atoms with van der Waals surface area (Å²) in [5.74, 6) is 0. The Bertz CT molecular complexity index is 951. The van der Waals surface area contributed by atoms with Gasteiger partial charge < -0.3 is 24.8 Å². The number of benzene rings is 2. The van der Waals surface area contributed by atoms with Crippen molar-refractivity contribution in [3.05, 3.63) is 65.3 Å². The van der Waals surface area contributed by atoms with Crippen LogP contribution in [0.15, 0.2) is 48.6 Å². The van der Waals surface area contributed by atoms with Crippen LogP contribution in [0.5, 0.6) is 0 Å². The van der Waals surface area contributed by atoms with E-state index in [0.29, 0.717) is 4.22 Å². The second-order valence-corrected chi connectivity index (χ2v) is 13.0. The third-order valence-electron chi connectivity index (χ3n) is 5.66. The Morgan fingerprint density at radius 1 is 1.12 bits per heavy atom. The third-order valence-corrected chi connectivity index (χ3v) is 11.9. The monoisotopic (exact) mass is 451 g/mol. The largest absolute Gasteiger partial charge is 1.00 e. The van der Waals surface area contributed by atoms with Crippen molar-refractivity contribution in [3.63, 3.8) is 0 Å². The molecule has 2 aromatic carbocycles. The number of rotatable bonds is 3. The molecule has 131 valence electrons. The number of hydrogen-bond acceptors (Lipinski definition) is 0. The quantitative estimate of drug-likeness (QED) is 0.400. The molecule has 1 aliphatic heterocycles. The number of hydrogen-bond donors (Lipinski definition) is 0. The Hall–Kier alpha value is -0.279. The van der Waals surface area contributed by atoms with Gasteiger partial charge in [0.1, 0.15) is 0 Å². The Kier molecular flexibility index (Phi) is 5.73. The Balaban J connectivity index is 0.000000980. The molecule has 2 atom stereocenters. The van der Waals surface area contributed by atoms with E-state index in [4.69, 9.17) is 11.1 Å². The molecule has 2 aromatic rings. The Morgan fingerprint density at radius 2 is 1.88 bits per heavy atom. The van der Waals surface area contributed by atoms with Gasteiger partial charge in [-0.1, -0.05) is 0 Å². The van der Waals surface area contributed by atoms with E-state index >= 15 is 0 Å². The minimum Gasteiger partial charge on any atom is -1.00 e. The van der Waals surface area contributed by atoms with Crippen molar-refractivity contribution >= 4 is 34.4 Å². The zero-order chi connectivity index (χ0) is 16.5. The molecule has 5 heteroatoms. The summed E-state index contributed by atoms with van der Waals surface area (Å²) in [4.78, 5) is 0. The third kappa shape index (κ3) is 2.67. The van der Waals surface area contributed by atoms with Crippen LogP contribution < -0.4 is 35.2 Å². The topological polar surface area (TPSA) is 0 Å². The zero-order valence-electron chi connectivity index (χ0n) is 14.5. The fraction of sp³-hybridized carbons (Fsp3) is 0.238. The molecule has 0 amide bonds. The second kappa shape index (κ2) is 7.28. The van der Waals surface area contributed by atoms with Crippen LogP contribution in [-0.4, -0.2) is 7.38 Å². The first-order valence-corrected chi connectivity index (χ1v) is 12.9. The van der Waals surface area contributed by atoms with Gasteiger partial charge in [0, 0.05) is 0 Å². The van der Waals surface area contributed by atoms with Crippen LogP contribution >= 0.6 is 11.1 Å². The van der Waals surface area contributed by atoms with Crippen molar-refractivity contribution in [2.45, 2.75) is 30.0 Å². The van der Waals surface area contributed by atoms with E-state index in [-0.39, 0.29) is 24.8 Å². The van der Waals surface area contributed by atoms with Crippen LogP contribution in [0.2, 0.25) is 6.04 Å². The maximum absolute atomic E-state index is 7.31. The van der Waals surface area contributed by atoms with Crippen molar-refractivity contribution in [2.24, 2.45) is 0 Å². The van der Waals surface area contributed by atoms with Gasteiger partial charge in [-0.15, -0.1) is 0 Å². The molecule has 26 heavy (non-hydrogen) atoms. The molecule has 5 rings (SSSR count). The average Bonchev–Trinajstić information content (AvgIpc) is 2.98. The minimum absolute atomic E-state index is 0. The average molecular weight is 453 g/mol. The van der Waals surface area contributed by atoms with Gasteiger partial charge in [-0.2, -0.15) is 0 Å². The van der Waals surface area contributed by atoms with Crippen LogP contribution in [0.4, 0.5) is 0 Å². The van der Waals surface area contributed by atoms with Crippen LogP contribution in [0.25, 0.3) is 16.7 Å². The normalized spacial score (nSPS) is 23.4. The van der Waals surface area contributed by atoms with Crippen LogP contribution in [-0.2, 0) is 20.4 Å². The summed E-state index contributed by atoms with van der Waals surface area (Å²) in [6.07, 6.45) is 8.95. The molecule has 0 saturated heterocycles. The summed E-state index contributed by atoms with van der Waals surface area (Å²) < 4.78 is 0.486. The van der Waals surface area contributed by atoms with Crippen LogP contribution in [0.3, 0.4) is 0 Å². The molecule has 1 heterocycles. The minimum atomic E-state index is -1.89. The maximum atomic E-state index is 7.31. The van der Waals surface area contributed by atoms with Crippen molar-refractivity contribution in [1.29, 1.82) is 0 Å². The maximum Gasteiger partial charge on any atom is -1.00 e. The Labute approximate surface area is 185 Å². The van der Waals surface area contributed by atoms with Gasteiger partial charge >= 0.3 is 161 Å². The van der Waals surface area contributed by atoms with Crippen molar-refractivity contribution in [3.8, 4) is 11.1 Å². The molecule has 3 aliphatic rings. The molecule has 0 bridgehead atoms. The predicted molar refractivity (Wildman–Crippen MR) is 101 cm³/mol. The van der Waals surface area contributed by atoms with E-state index in [9.17, 15) is 0 Å². The SMILES string of the molecule is CCC[Si]1(Cl)c2c(C3=CC=CC3)cc3c(c21)[CH]([Ti+2])c1ccccc1-3.[Cl-].[Cl-]. The fourth-order valence-corrected chi connectivity index (χ4v) is 11.4. The molecular weight excluding hydrogens is 435 g/mol. The fourth-order valence-electron chi connectivity index (χ4n) is 4.59. The van der Waals surface area contributed by atoms with Gasteiger partial charge in [0.25, 0.3) is 0 Å². The molecule has 2 aliphatic carbocycles. The van der Waals surface area contributed by atoms with Crippen LogP contribution in [0.1, 0.15) is 40.7 Å². The summed E-state index contributed by atoms with van der Waals surface area (Å²) in [5.41, 5.74) is 8.81. The summed E-state index contributed by atoms with van der Waals surface area (Å²) in [6.45, 7) is 2.27. The number of fused-ring (bicyclic) bond motifs is 5. The molecular formula is C21H18Cl3SiTi. The molecule has 0 nitrogen and oxygen atoms in total. The van der Waals surface area contributed by atoms with E-state index < -0.39 is 7.38 Å². The van der Waals surface area contributed by atoms with Crippen molar-refractivity contribution in [1.82, 2.24) is 0 Å². The molecule has 0 N–H and O–H groups in total. The first-order chi connectivity index (χ1) is 11.7. The van der Waals surface area contributed by atoms with Crippen molar-refractivity contribution < 1.29 is 45.2 Å². The van der Waals surface area contributed by atoms with E-state index in [0.717, 1.165) is 6.42 Å². The van der Waals surface area contributed by atoms with E-state index in [1.54, 1.807) is 15.9 Å². The first kappa shape index (κ1) is 20.5. The number of halogens is 3. The van der Waals surface area contributed by atoms with Gasteiger partial charge in [0.15, 0.2) is 0 Å². The van der Waals surface area contributed by atoms with Crippen LogP contribution in [0, 0.1) is 0 Å². The van der Waals surface area contributed by atoms with Gasteiger partial charge in [-0.3, -0.25) is 0 Å². The molecule has 0 saturated carbocycles. The summed E-state index contributed by atoms with van der Waals surface area (Å²) in [6, 6.07) is 12.6. The summed E-state index contributed by atoms with van der Waals surface area (Å²) in [7, 11) is -1.89. The molecule has 0 spiro atoms. The zero-order valence-corrected chi connectivity index (χ0v) is 19.3. The van der Waals surface area contributed by atoms with Crippen molar-refractivity contribution in [2.75, 3.05) is 0 Å². The first-order valence-electron chi connectivity index (χ1n) is 8.74. The summed E-state index contributed by atoms with van der Waals surface area (Å²) in [5, 5.41) is 3.13. The van der Waals surface area contributed by atoms with Gasteiger partial charge in [0.2, 0.25) is 0 Å². The predicted octanol–water partition coefficient (Wildman–Crippen LogP) is -1.32. The molecule has 0 aromatic heterocycles. The van der Waals surface area contributed by atoms with E-state index in [1.165, 1.54) is 40.3 Å². The Morgan fingerprint density at radius 3 is 2.58 bits per heavy atom. The van der Waals surface area contributed by atoms with Gasteiger partial charge in [-0.25, -0.2) is 0 Å². The summed E-state index contributed by atoms with van der Waals surface area (Å²) >= 11 is 9.66. The van der Waals surface area contributed by atoms with Gasteiger partial charge in [0.05, 0.1) is 0 Å². The standard InChI is InChI=1S/C21H18ClSi.2ClH.Ti/c1-2-11-23(22)20-17(14-7-3-4-8-14)13-18-16-10-6-5-9-15(16)12-19(18)21(20)23;;;/h3-7,9-10,12-13H,2,8,11H2,1H3;2*1H;/q;;;+2/p-2. The molecule has 0 fully saturated rings. The van der Waals surface area contributed by atoms with E-state index in [1.807, 2.05) is 0 Å². The van der Waals surface area contributed by atoms with E-state index in [2.05, 4.69) is 75.9 Å². The molecule has 0 radical (unpaired) electrons. The second-order valence-electron chi connectivity index (χ2n) is 7.03. The smallest absolute Gasteiger partial charge is 1.00 e. The van der Waals surface area contributed by atoms with Gasteiger partial charge in [-0.05, 0) is 0 Å². The number of allylic oxidation sites excluding steroid dienone is 4.